The van der Waals surface area contributed by atoms with Gasteiger partial charge in [-0.2, -0.15) is 0 Å². The van der Waals surface area contributed by atoms with Crippen molar-refractivity contribution in [1.82, 2.24) is 0 Å². The average molecular weight is 258 g/mol. The van der Waals surface area contributed by atoms with Crippen LogP contribution in [-0.2, 0) is 4.74 Å². The van der Waals surface area contributed by atoms with E-state index in [1.807, 2.05) is 0 Å². The van der Waals surface area contributed by atoms with Crippen molar-refractivity contribution in [2.75, 3.05) is 13.2 Å². The number of ether oxygens (including phenoxy) is 1. The quantitative estimate of drug-likeness (QED) is 0.414. The van der Waals surface area contributed by atoms with E-state index in [1.165, 1.54) is 57.5 Å². The van der Waals surface area contributed by atoms with Gasteiger partial charge in [-0.1, -0.05) is 58.1 Å². The minimum absolute atomic E-state index is 0.344. The fourth-order valence-corrected chi connectivity index (χ4v) is 1.53. The van der Waals surface area contributed by atoms with Crippen molar-refractivity contribution in [3.05, 3.63) is 25.7 Å². The van der Waals surface area contributed by atoms with Gasteiger partial charge in [0.05, 0.1) is 12.5 Å². The first-order valence-electron chi connectivity index (χ1n) is 6.92. The first-order valence-corrected chi connectivity index (χ1v) is 6.92. The molecular weight excluding hydrogens is 228 g/mol. The first-order chi connectivity index (χ1) is 8.83. The molecular formula is C15H30O3. The third-order valence-electron chi connectivity index (χ3n) is 2.51. The highest BCUT2D eigenvalue weighted by Crippen LogP contribution is 2.09. The Balaban J connectivity index is 0. The molecule has 0 amide bonds. The molecule has 0 aliphatic heterocycles. The predicted octanol–water partition coefficient (Wildman–Crippen LogP) is 3.77. The molecule has 0 rings (SSSR count). The van der Waals surface area contributed by atoms with Gasteiger partial charge in [0.25, 0.3) is 0 Å². The molecule has 0 aliphatic rings. The van der Waals surface area contributed by atoms with E-state index in [-0.39, 0.29) is 0 Å². The molecule has 0 saturated carbocycles. The number of hydrogen-bond acceptors (Lipinski definition) is 3. The monoisotopic (exact) mass is 258 g/mol. The maximum atomic E-state index is 8.54. The molecule has 0 aromatic heterocycles. The Morgan fingerprint density at radius 3 is 1.06 bits per heavy atom. The summed E-state index contributed by atoms with van der Waals surface area (Å²) in [4.78, 5) is 0. The third kappa shape index (κ3) is 24.4. The van der Waals surface area contributed by atoms with Crippen LogP contribution in [0.3, 0.4) is 0 Å². The molecule has 18 heavy (non-hydrogen) atoms. The summed E-state index contributed by atoms with van der Waals surface area (Å²) in [5, 5.41) is 17.1. The van der Waals surface area contributed by atoms with Crippen molar-refractivity contribution in [1.29, 1.82) is 0 Å². The third-order valence-corrected chi connectivity index (χ3v) is 2.51. The molecule has 0 aromatic rings. The summed E-state index contributed by atoms with van der Waals surface area (Å²) in [7, 11) is 0. The van der Waals surface area contributed by atoms with E-state index in [4.69, 9.17) is 10.2 Å². The second-order valence-corrected chi connectivity index (χ2v) is 4.10. The Labute approximate surface area is 112 Å². The summed E-state index contributed by atoms with van der Waals surface area (Å²) in [6.07, 6.45) is 13.4. The summed E-state index contributed by atoms with van der Waals surface area (Å²) in [6, 6.07) is 0. The molecule has 0 aromatic carbocycles. The average Bonchev–Trinajstić information content (AvgIpc) is 2.39. The van der Waals surface area contributed by atoms with E-state index in [0.717, 1.165) is 12.8 Å². The van der Waals surface area contributed by atoms with Gasteiger partial charge in [0.2, 0.25) is 0 Å². The Kier molecular flexibility index (Phi) is 23.3. The minimum Gasteiger partial charge on any atom is -0.474 e. The molecule has 0 unspecified atom stereocenters. The first kappa shape index (κ1) is 19.5. The van der Waals surface area contributed by atoms with Crippen LogP contribution in [0.4, 0.5) is 0 Å². The van der Waals surface area contributed by atoms with Crippen LogP contribution in [0.1, 0.15) is 57.8 Å². The Hall–Kier alpha value is -0.800. The lowest BCUT2D eigenvalue weighted by molar-refractivity contribution is 0.281. The Bertz CT molecular complexity index is 142. The molecule has 0 heterocycles. The summed E-state index contributed by atoms with van der Waals surface area (Å²) in [6.45, 7) is 7.20. The Morgan fingerprint density at radius 2 is 0.889 bits per heavy atom. The van der Waals surface area contributed by atoms with Crippen LogP contribution in [0.25, 0.3) is 0 Å². The Morgan fingerprint density at radius 1 is 0.611 bits per heavy atom. The number of rotatable bonds is 12. The standard InChI is InChI=1S/C11H24O2.C4H6O/c12-10-8-6-4-2-1-3-5-7-9-11-13;1-3-5-4-2/h12-13H,1-11H2;3-4H,1-2H2. The van der Waals surface area contributed by atoms with Crippen LogP contribution in [0.5, 0.6) is 0 Å². The lowest BCUT2D eigenvalue weighted by Gasteiger charge is -2.00. The molecule has 0 spiro atoms. The van der Waals surface area contributed by atoms with Gasteiger partial charge in [-0.25, -0.2) is 0 Å². The smallest absolute Gasteiger partial charge is 0.0829 e. The van der Waals surface area contributed by atoms with Gasteiger partial charge in [0.1, 0.15) is 0 Å². The van der Waals surface area contributed by atoms with Crippen molar-refractivity contribution in [3.8, 4) is 0 Å². The van der Waals surface area contributed by atoms with E-state index in [1.54, 1.807) is 0 Å². The zero-order valence-electron chi connectivity index (χ0n) is 11.6. The summed E-state index contributed by atoms with van der Waals surface area (Å²) >= 11 is 0. The predicted molar refractivity (Wildman–Crippen MR) is 77.2 cm³/mol. The zero-order valence-corrected chi connectivity index (χ0v) is 11.6. The van der Waals surface area contributed by atoms with Crippen molar-refractivity contribution >= 4 is 0 Å². The fraction of sp³-hybridized carbons (Fsp3) is 0.733. The van der Waals surface area contributed by atoms with Crippen LogP contribution in [0.2, 0.25) is 0 Å². The van der Waals surface area contributed by atoms with Gasteiger partial charge in [0, 0.05) is 13.2 Å². The van der Waals surface area contributed by atoms with Crippen LogP contribution in [-0.4, -0.2) is 23.4 Å². The second kappa shape index (κ2) is 21.5. The van der Waals surface area contributed by atoms with E-state index >= 15 is 0 Å². The molecule has 0 fully saturated rings. The van der Waals surface area contributed by atoms with Gasteiger partial charge >= 0.3 is 0 Å². The van der Waals surface area contributed by atoms with Crippen molar-refractivity contribution in [2.24, 2.45) is 0 Å². The normalized spacial score (nSPS) is 9.22. The van der Waals surface area contributed by atoms with Crippen LogP contribution in [0, 0.1) is 0 Å². The van der Waals surface area contributed by atoms with Crippen LogP contribution < -0.4 is 0 Å². The number of aliphatic hydroxyl groups excluding tert-OH is 2. The highest BCUT2D eigenvalue weighted by atomic mass is 16.5. The molecule has 2 N–H and O–H groups in total. The zero-order chi connectivity index (χ0) is 13.9. The molecule has 0 saturated heterocycles. The molecule has 0 bridgehead atoms. The van der Waals surface area contributed by atoms with Gasteiger partial charge in [-0.15, -0.1) is 0 Å². The van der Waals surface area contributed by atoms with Crippen molar-refractivity contribution < 1.29 is 14.9 Å². The van der Waals surface area contributed by atoms with Gasteiger partial charge in [-0.05, 0) is 12.8 Å². The number of aliphatic hydroxyl groups is 2. The van der Waals surface area contributed by atoms with E-state index in [2.05, 4.69) is 17.9 Å². The van der Waals surface area contributed by atoms with Crippen LogP contribution in [0.15, 0.2) is 25.7 Å². The van der Waals surface area contributed by atoms with Crippen molar-refractivity contribution in [3.63, 3.8) is 0 Å². The SMILES string of the molecule is C=COC=C.OCCCCCCCCCCCO. The number of hydrogen-bond donors (Lipinski definition) is 2. The van der Waals surface area contributed by atoms with Crippen LogP contribution >= 0.6 is 0 Å². The van der Waals surface area contributed by atoms with E-state index in [9.17, 15) is 0 Å². The maximum Gasteiger partial charge on any atom is 0.0829 e. The summed E-state index contributed by atoms with van der Waals surface area (Å²) < 4.78 is 4.36. The molecule has 3 heteroatoms. The lowest BCUT2D eigenvalue weighted by atomic mass is 10.1. The molecule has 0 aliphatic carbocycles. The summed E-state index contributed by atoms with van der Waals surface area (Å²) in [5.74, 6) is 0. The lowest BCUT2D eigenvalue weighted by Crippen LogP contribution is -1.85. The fourth-order valence-electron chi connectivity index (χ4n) is 1.53. The maximum absolute atomic E-state index is 8.54. The molecule has 0 atom stereocenters. The summed E-state index contributed by atoms with van der Waals surface area (Å²) in [5.41, 5.74) is 0. The van der Waals surface area contributed by atoms with Gasteiger partial charge in [-0.3, -0.25) is 0 Å². The highest BCUT2D eigenvalue weighted by molar-refractivity contribution is 4.57. The largest absolute Gasteiger partial charge is 0.474 e. The topological polar surface area (TPSA) is 49.7 Å². The van der Waals surface area contributed by atoms with E-state index in [0.29, 0.717) is 13.2 Å². The van der Waals surface area contributed by atoms with Crippen molar-refractivity contribution in [2.45, 2.75) is 57.8 Å². The molecule has 3 nitrogen and oxygen atoms in total. The number of unbranched alkanes of at least 4 members (excludes halogenated alkanes) is 8. The molecule has 0 radical (unpaired) electrons. The van der Waals surface area contributed by atoms with Gasteiger partial charge in [0.15, 0.2) is 0 Å². The highest BCUT2D eigenvalue weighted by Gasteiger charge is 1.91. The van der Waals surface area contributed by atoms with E-state index < -0.39 is 0 Å². The van der Waals surface area contributed by atoms with Gasteiger partial charge < -0.3 is 14.9 Å². The minimum atomic E-state index is 0.344. The molecule has 108 valence electrons. The second-order valence-electron chi connectivity index (χ2n) is 4.10.